The van der Waals surface area contributed by atoms with E-state index in [1.807, 2.05) is 24.3 Å². The van der Waals surface area contributed by atoms with Gasteiger partial charge in [0.25, 0.3) is 0 Å². The van der Waals surface area contributed by atoms with Crippen LogP contribution in [-0.2, 0) is 21.2 Å². The van der Waals surface area contributed by atoms with Crippen LogP contribution in [0.25, 0.3) is 0 Å². The van der Waals surface area contributed by atoms with Gasteiger partial charge in [-0.1, -0.05) is 18.2 Å². The first-order valence-corrected chi connectivity index (χ1v) is 10.6. The minimum Gasteiger partial charge on any atom is -0.496 e. The van der Waals surface area contributed by atoms with Crippen molar-refractivity contribution in [3.63, 3.8) is 0 Å². The molecule has 1 N–H and O–H groups in total. The zero-order chi connectivity index (χ0) is 17.9. The summed E-state index contributed by atoms with van der Waals surface area (Å²) in [5, 5.41) is 3.01. The summed E-state index contributed by atoms with van der Waals surface area (Å²) in [6, 6.07) is 7.81. The second kappa shape index (κ2) is 7.74. The molecule has 0 aromatic heterocycles. The molecule has 2 aliphatic heterocycles. The van der Waals surface area contributed by atoms with Crippen LogP contribution in [-0.4, -0.2) is 57.0 Å². The highest BCUT2D eigenvalue weighted by molar-refractivity contribution is 7.91. The molecule has 1 amide bonds. The molecule has 138 valence electrons. The standard InChI is InChI=1S/C18H26N2O4S/c1-24-17-5-3-2-4-15(17)12-19-18(21)14-6-9-20(10-7-14)16-8-11-25(22,23)13-16/h2-5,14,16H,6-13H2,1H3,(H,19,21)/t16-/m0/s1. The monoisotopic (exact) mass is 366 g/mol. The van der Waals surface area contributed by atoms with Gasteiger partial charge < -0.3 is 10.1 Å². The van der Waals surface area contributed by atoms with Crippen LogP contribution >= 0.6 is 0 Å². The van der Waals surface area contributed by atoms with Crippen LogP contribution in [0.3, 0.4) is 0 Å². The number of carbonyl (C=O) groups is 1. The minimum atomic E-state index is -2.85. The van der Waals surface area contributed by atoms with Gasteiger partial charge in [0.2, 0.25) is 5.91 Å². The summed E-state index contributed by atoms with van der Waals surface area (Å²) < 4.78 is 28.6. The van der Waals surface area contributed by atoms with Crippen molar-refractivity contribution in [2.24, 2.45) is 5.92 Å². The van der Waals surface area contributed by atoms with E-state index in [2.05, 4.69) is 10.2 Å². The van der Waals surface area contributed by atoms with Gasteiger partial charge in [0.1, 0.15) is 5.75 Å². The highest BCUT2D eigenvalue weighted by Gasteiger charge is 2.35. The number of piperidine rings is 1. The molecule has 7 heteroatoms. The van der Waals surface area contributed by atoms with Crippen LogP contribution in [0.15, 0.2) is 24.3 Å². The summed E-state index contributed by atoms with van der Waals surface area (Å²) in [5.41, 5.74) is 0.965. The molecule has 25 heavy (non-hydrogen) atoms. The largest absolute Gasteiger partial charge is 0.496 e. The quantitative estimate of drug-likeness (QED) is 0.848. The van der Waals surface area contributed by atoms with Crippen molar-refractivity contribution in [2.75, 3.05) is 31.7 Å². The van der Waals surface area contributed by atoms with E-state index in [4.69, 9.17) is 4.74 Å². The zero-order valence-corrected chi connectivity index (χ0v) is 15.4. The lowest BCUT2D eigenvalue weighted by atomic mass is 9.94. The predicted octanol–water partition coefficient (Wildman–Crippen LogP) is 1.21. The van der Waals surface area contributed by atoms with E-state index < -0.39 is 9.84 Å². The van der Waals surface area contributed by atoms with Gasteiger partial charge in [-0.05, 0) is 38.4 Å². The highest BCUT2D eigenvalue weighted by Crippen LogP contribution is 2.25. The Balaban J connectivity index is 1.47. The zero-order valence-electron chi connectivity index (χ0n) is 14.6. The number of methoxy groups -OCH3 is 1. The van der Waals surface area contributed by atoms with Gasteiger partial charge in [-0.3, -0.25) is 9.69 Å². The first-order valence-electron chi connectivity index (χ1n) is 8.82. The summed E-state index contributed by atoms with van der Waals surface area (Å²) in [5.74, 6) is 1.43. The van der Waals surface area contributed by atoms with Gasteiger partial charge in [-0.25, -0.2) is 8.42 Å². The minimum absolute atomic E-state index is 0.00367. The van der Waals surface area contributed by atoms with E-state index in [0.29, 0.717) is 12.3 Å². The van der Waals surface area contributed by atoms with Crippen molar-refractivity contribution in [1.29, 1.82) is 0 Å². The summed E-state index contributed by atoms with van der Waals surface area (Å²) >= 11 is 0. The molecule has 0 unspecified atom stereocenters. The molecule has 0 saturated carbocycles. The average molecular weight is 366 g/mol. The van der Waals surface area contributed by atoms with Crippen molar-refractivity contribution < 1.29 is 17.9 Å². The smallest absolute Gasteiger partial charge is 0.223 e. The predicted molar refractivity (Wildman–Crippen MR) is 96.2 cm³/mol. The Morgan fingerprint density at radius 2 is 1.96 bits per heavy atom. The van der Waals surface area contributed by atoms with E-state index in [1.165, 1.54) is 0 Å². The molecule has 3 rings (SSSR count). The molecule has 0 radical (unpaired) electrons. The topological polar surface area (TPSA) is 75.7 Å². The summed E-state index contributed by atoms with van der Waals surface area (Å²) in [6.45, 7) is 2.06. The lowest BCUT2D eigenvalue weighted by molar-refractivity contribution is -0.126. The highest BCUT2D eigenvalue weighted by atomic mass is 32.2. The molecule has 1 aromatic carbocycles. The Morgan fingerprint density at radius 1 is 1.24 bits per heavy atom. The maximum atomic E-state index is 12.4. The molecule has 2 heterocycles. The molecule has 0 bridgehead atoms. The van der Waals surface area contributed by atoms with Crippen LogP contribution in [0, 0.1) is 5.92 Å². The normalized spacial score (nSPS) is 24.1. The van der Waals surface area contributed by atoms with Crippen LogP contribution in [0.1, 0.15) is 24.8 Å². The number of hydrogen-bond acceptors (Lipinski definition) is 5. The average Bonchev–Trinajstić information content (AvgIpc) is 3.00. The number of ether oxygens (including phenoxy) is 1. The van der Waals surface area contributed by atoms with Gasteiger partial charge in [0.05, 0.1) is 18.6 Å². The van der Waals surface area contributed by atoms with Gasteiger partial charge in [0.15, 0.2) is 9.84 Å². The molecule has 1 aromatic rings. The fraction of sp³-hybridized carbons (Fsp3) is 0.611. The number of benzene rings is 1. The number of nitrogens with zero attached hydrogens (tertiary/aromatic N) is 1. The third kappa shape index (κ3) is 4.52. The molecule has 2 fully saturated rings. The molecule has 0 spiro atoms. The number of hydrogen-bond donors (Lipinski definition) is 1. The van der Waals surface area contributed by atoms with Gasteiger partial charge in [-0.2, -0.15) is 0 Å². The molecule has 1 atom stereocenters. The second-order valence-electron chi connectivity index (χ2n) is 6.90. The van der Waals surface area contributed by atoms with Crippen LogP contribution < -0.4 is 10.1 Å². The first kappa shape index (κ1) is 18.2. The fourth-order valence-corrected chi connectivity index (χ4v) is 5.53. The molecule has 0 aliphatic carbocycles. The Hall–Kier alpha value is -1.60. The Kier molecular flexibility index (Phi) is 5.64. The Morgan fingerprint density at radius 3 is 2.60 bits per heavy atom. The summed E-state index contributed by atoms with van der Waals surface area (Å²) in [6.07, 6.45) is 2.30. The third-order valence-corrected chi connectivity index (χ3v) is 7.02. The summed E-state index contributed by atoms with van der Waals surface area (Å²) in [4.78, 5) is 14.7. The molecule has 2 aliphatic rings. The second-order valence-corrected chi connectivity index (χ2v) is 9.13. The first-order chi connectivity index (χ1) is 12.0. The van der Waals surface area contributed by atoms with Gasteiger partial charge >= 0.3 is 0 Å². The van der Waals surface area contributed by atoms with E-state index in [-0.39, 0.29) is 23.6 Å². The Bertz CT molecular complexity index is 712. The van der Waals surface area contributed by atoms with E-state index in [0.717, 1.165) is 43.7 Å². The van der Waals surface area contributed by atoms with Crippen LogP contribution in [0.4, 0.5) is 0 Å². The Labute approximate surface area is 149 Å². The molecule has 2 saturated heterocycles. The summed E-state index contributed by atoms with van der Waals surface area (Å²) in [7, 11) is -1.23. The number of carbonyl (C=O) groups excluding carboxylic acids is 1. The maximum absolute atomic E-state index is 12.4. The van der Waals surface area contributed by atoms with Crippen LogP contribution in [0.5, 0.6) is 5.75 Å². The number of nitrogens with one attached hydrogen (secondary N) is 1. The number of likely N-dealkylation sites (tertiary alicyclic amines) is 1. The number of para-hydroxylation sites is 1. The molecular weight excluding hydrogens is 340 g/mol. The molecular formula is C18H26N2O4S. The van der Waals surface area contributed by atoms with Crippen molar-refractivity contribution in [3.8, 4) is 5.75 Å². The van der Waals surface area contributed by atoms with Crippen molar-refractivity contribution in [3.05, 3.63) is 29.8 Å². The van der Waals surface area contributed by atoms with Crippen LogP contribution in [0.2, 0.25) is 0 Å². The third-order valence-electron chi connectivity index (χ3n) is 5.27. The fourth-order valence-electron chi connectivity index (χ4n) is 3.77. The SMILES string of the molecule is COc1ccccc1CNC(=O)C1CCN([C@H]2CCS(=O)(=O)C2)CC1. The lowest BCUT2D eigenvalue weighted by Gasteiger charge is -2.34. The van der Waals surface area contributed by atoms with E-state index in [9.17, 15) is 13.2 Å². The lowest BCUT2D eigenvalue weighted by Crippen LogP contribution is -2.45. The van der Waals surface area contributed by atoms with Crippen molar-refractivity contribution >= 4 is 15.7 Å². The number of rotatable bonds is 5. The van der Waals surface area contributed by atoms with Crippen molar-refractivity contribution in [1.82, 2.24) is 10.2 Å². The number of amides is 1. The maximum Gasteiger partial charge on any atom is 0.223 e. The number of sulfone groups is 1. The molecule has 6 nitrogen and oxygen atoms in total. The van der Waals surface area contributed by atoms with Crippen molar-refractivity contribution in [2.45, 2.75) is 31.8 Å². The van der Waals surface area contributed by atoms with E-state index >= 15 is 0 Å². The van der Waals surface area contributed by atoms with Gasteiger partial charge in [-0.15, -0.1) is 0 Å². The van der Waals surface area contributed by atoms with E-state index in [1.54, 1.807) is 7.11 Å². The van der Waals surface area contributed by atoms with Gasteiger partial charge in [0, 0.05) is 24.1 Å².